The summed E-state index contributed by atoms with van der Waals surface area (Å²) < 4.78 is 27.9. The van der Waals surface area contributed by atoms with Crippen molar-refractivity contribution in [1.29, 1.82) is 0 Å². The van der Waals surface area contributed by atoms with Gasteiger partial charge < -0.3 is 10.6 Å². The van der Waals surface area contributed by atoms with Crippen LogP contribution in [0.4, 0.5) is 14.6 Å². The summed E-state index contributed by atoms with van der Waals surface area (Å²) in [7, 11) is 0. The molecule has 0 saturated heterocycles. The predicted octanol–water partition coefficient (Wildman–Crippen LogP) is 1.71. The second-order valence-corrected chi connectivity index (χ2v) is 5.42. The van der Waals surface area contributed by atoms with Gasteiger partial charge in [0.25, 0.3) is 0 Å². The summed E-state index contributed by atoms with van der Waals surface area (Å²) in [4.78, 5) is 11.8. The number of nitrogens with one attached hydrogen (secondary N) is 2. The second-order valence-electron chi connectivity index (χ2n) is 5.42. The van der Waals surface area contributed by atoms with Crippen LogP contribution < -0.4 is 10.6 Å². The maximum Gasteiger partial charge on any atom is 0.224 e. The Balaban J connectivity index is 1.41. The number of carbonyl (C=O) groups is 1. The molecule has 0 aliphatic heterocycles. The Morgan fingerprint density at radius 2 is 2.00 bits per heavy atom. The maximum absolute atomic E-state index is 13.5. The summed E-state index contributed by atoms with van der Waals surface area (Å²) in [5, 5.41) is 17.8. The van der Waals surface area contributed by atoms with Crippen molar-refractivity contribution in [3.8, 4) is 5.82 Å². The van der Waals surface area contributed by atoms with Gasteiger partial charge in [0.05, 0.1) is 6.42 Å². The van der Waals surface area contributed by atoms with Crippen LogP contribution in [-0.4, -0.2) is 39.0 Å². The number of anilines is 1. The van der Waals surface area contributed by atoms with E-state index in [1.54, 1.807) is 35.3 Å². The monoisotopic (exact) mass is 358 g/mol. The van der Waals surface area contributed by atoms with Gasteiger partial charge in [-0.3, -0.25) is 4.79 Å². The third kappa shape index (κ3) is 4.59. The van der Waals surface area contributed by atoms with Crippen LogP contribution in [0.1, 0.15) is 5.56 Å². The largest absolute Gasteiger partial charge is 0.367 e. The molecular formula is C17H16F2N6O. The van der Waals surface area contributed by atoms with Crippen LogP contribution in [0.3, 0.4) is 0 Å². The van der Waals surface area contributed by atoms with E-state index in [-0.39, 0.29) is 17.9 Å². The fourth-order valence-electron chi connectivity index (χ4n) is 2.24. The van der Waals surface area contributed by atoms with Crippen LogP contribution in [-0.2, 0) is 11.2 Å². The second kappa shape index (κ2) is 8.15. The van der Waals surface area contributed by atoms with Crippen molar-refractivity contribution in [2.45, 2.75) is 6.42 Å². The first-order valence-electron chi connectivity index (χ1n) is 7.90. The van der Waals surface area contributed by atoms with Crippen molar-refractivity contribution in [3.05, 3.63) is 66.0 Å². The van der Waals surface area contributed by atoms with Crippen molar-refractivity contribution < 1.29 is 13.6 Å². The van der Waals surface area contributed by atoms with Gasteiger partial charge in [-0.2, -0.15) is 5.10 Å². The van der Waals surface area contributed by atoms with E-state index < -0.39 is 11.6 Å². The van der Waals surface area contributed by atoms with Gasteiger partial charge in [0, 0.05) is 31.5 Å². The van der Waals surface area contributed by atoms with Gasteiger partial charge in [-0.1, -0.05) is 6.07 Å². The molecule has 3 rings (SSSR count). The van der Waals surface area contributed by atoms with Gasteiger partial charge in [0.15, 0.2) is 5.82 Å². The number of aromatic nitrogens is 4. The topological polar surface area (TPSA) is 84.7 Å². The van der Waals surface area contributed by atoms with Crippen LogP contribution in [0, 0.1) is 11.6 Å². The van der Waals surface area contributed by atoms with Gasteiger partial charge in [-0.25, -0.2) is 13.5 Å². The summed E-state index contributed by atoms with van der Waals surface area (Å²) in [6.07, 6.45) is 3.26. The Morgan fingerprint density at radius 3 is 2.69 bits per heavy atom. The minimum atomic E-state index is -0.731. The normalized spacial score (nSPS) is 10.5. The highest BCUT2D eigenvalue weighted by Crippen LogP contribution is 2.10. The van der Waals surface area contributed by atoms with Crippen LogP contribution in [0.2, 0.25) is 0 Å². The first-order valence-corrected chi connectivity index (χ1v) is 7.90. The molecule has 7 nitrogen and oxygen atoms in total. The third-order valence-corrected chi connectivity index (χ3v) is 3.51. The molecule has 9 heteroatoms. The van der Waals surface area contributed by atoms with Crippen molar-refractivity contribution in [2.75, 3.05) is 18.4 Å². The van der Waals surface area contributed by atoms with E-state index in [0.29, 0.717) is 24.7 Å². The summed E-state index contributed by atoms with van der Waals surface area (Å²) >= 11 is 0. The molecule has 0 aliphatic carbocycles. The molecule has 3 aromatic rings. The minimum Gasteiger partial charge on any atom is -0.367 e. The molecule has 0 aliphatic rings. The Morgan fingerprint density at radius 1 is 1.12 bits per heavy atom. The molecule has 26 heavy (non-hydrogen) atoms. The van der Waals surface area contributed by atoms with E-state index in [2.05, 4.69) is 25.9 Å². The Bertz CT molecular complexity index is 867. The molecule has 0 atom stereocenters. The van der Waals surface area contributed by atoms with E-state index in [0.717, 1.165) is 12.1 Å². The highest BCUT2D eigenvalue weighted by molar-refractivity contribution is 5.78. The zero-order chi connectivity index (χ0) is 18.4. The van der Waals surface area contributed by atoms with Crippen LogP contribution in [0.5, 0.6) is 0 Å². The standard InChI is InChI=1S/C17H16F2N6O/c18-13-3-2-12(14(19)11-13)10-17(26)21-8-7-20-15-4-5-16(24-23-15)25-9-1-6-22-25/h1-6,9,11H,7-8,10H2,(H,20,23)(H,21,26). The fraction of sp³-hybridized carbons (Fsp3) is 0.176. The summed E-state index contributed by atoms with van der Waals surface area (Å²) in [6.45, 7) is 0.748. The number of hydrogen-bond donors (Lipinski definition) is 2. The third-order valence-electron chi connectivity index (χ3n) is 3.51. The van der Waals surface area contributed by atoms with E-state index in [4.69, 9.17) is 0 Å². The lowest BCUT2D eigenvalue weighted by Crippen LogP contribution is -2.30. The van der Waals surface area contributed by atoms with Crippen LogP contribution >= 0.6 is 0 Å². The minimum absolute atomic E-state index is 0.148. The number of amides is 1. The first-order chi connectivity index (χ1) is 12.6. The first kappa shape index (κ1) is 17.5. The lowest BCUT2D eigenvalue weighted by molar-refractivity contribution is -0.120. The zero-order valence-electron chi connectivity index (χ0n) is 13.7. The molecule has 2 N–H and O–H groups in total. The quantitative estimate of drug-likeness (QED) is 0.628. The average molecular weight is 358 g/mol. The maximum atomic E-state index is 13.5. The lowest BCUT2D eigenvalue weighted by atomic mass is 10.1. The van der Waals surface area contributed by atoms with Crippen molar-refractivity contribution in [1.82, 2.24) is 25.3 Å². The lowest BCUT2D eigenvalue weighted by Gasteiger charge is -2.08. The summed E-state index contributed by atoms with van der Waals surface area (Å²) in [5.74, 6) is -0.603. The molecule has 2 aromatic heterocycles. The van der Waals surface area contributed by atoms with Gasteiger partial charge in [0.1, 0.15) is 17.5 Å². The number of rotatable bonds is 7. The smallest absolute Gasteiger partial charge is 0.224 e. The Kier molecular flexibility index (Phi) is 5.47. The summed E-state index contributed by atoms with van der Waals surface area (Å²) in [5.41, 5.74) is 0.150. The molecule has 0 saturated carbocycles. The van der Waals surface area contributed by atoms with Crippen molar-refractivity contribution >= 4 is 11.7 Å². The SMILES string of the molecule is O=C(Cc1ccc(F)cc1F)NCCNc1ccc(-n2cccn2)nn1. The molecule has 0 bridgehead atoms. The summed E-state index contributed by atoms with van der Waals surface area (Å²) in [6, 6.07) is 8.44. The number of halogens is 2. The van der Waals surface area contributed by atoms with E-state index in [1.165, 1.54) is 6.07 Å². The highest BCUT2D eigenvalue weighted by Gasteiger charge is 2.08. The molecule has 134 valence electrons. The average Bonchev–Trinajstić information content (AvgIpc) is 3.16. The van der Waals surface area contributed by atoms with Gasteiger partial charge >= 0.3 is 0 Å². The van der Waals surface area contributed by atoms with Crippen LogP contribution in [0.15, 0.2) is 48.8 Å². The van der Waals surface area contributed by atoms with Crippen LogP contribution in [0.25, 0.3) is 5.82 Å². The molecule has 1 aromatic carbocycles. The Labute approximate surface area is 148 Å². The number of carbonyl (C=O) groups excluding carboxylic acids is 1. The molecular weight excluding hydrogens is 342 g/mol. The Hall–Kier alpha value is -3.36. The van der Waals surface area contributed by atoms with Gasteiger partial charge in [-0.15, -0.1) is 10.2 Å². The zero-order valence-corrected chi connectivity index (χ0v) is 13.7. The molecule has 1 amide bonds. The van der Waals surface area contributed by atoms with Gasteiger partial charge in [-0.05, 0) is 29.8 Å². The fourth-order valence-corrected chi connectivity index (χ4v) is 2.24. The molecule has 0 radical (unpaired) electrons. The number of nitrogens with zero attached hydrogens (tertiary/aromatic N) is 4. The molecule has 0 fully saturated rings. The van der Waals surface area contributed by atoms with Crippen molar-refractivity contribution in [2.24, 2.45) is 0 Å². The van der Waals surface area contributed by atoms with Gasteiger partial charge in [0.2, 0.25) is 5.91 Å². The highest BCUT2D eigenvalue weighted by atomic mass is 19.1. The number of benzene rings is 1. The molecule has 0 unspecified atom stereocenters. The van der Waals surface area contributed by atoms with E-state index >= 15 is 0 Å². The molecule has 2 heterocycles. The predicted molar refractivity (Wildman–Crippen MR) is 90.7 cm³/mol. The van der Waals surface area contributed by atoms with E-state index in [9.17, 15) is 13.6 Å². The number of hydrogen-bond acceptors (Lipinski definition) is 5. The molecule has 0 spiro atoms. The van der Waals surface area contributed by atoms with E-state index in [1.807, 2.05) is 0 Å². The van der Waals surface area contributed by atoms with Crippen molar-refractivity contribution in [3.63, 3.8) is 0 Å².